The number of ether oxygens (including phenoxy) is 1. The van der Waals surface area contributed by atoms with E-state index in [2.05, 4.69) is 4.98 Å². The van der Waals surface area contributed by atoms with E-state index in [-0.39, 0.29) is 5.15 Å². The van der Waals surface area contributed by atoms with Gasteiger partial charge >= 0.3 is 5.97 Å². The molecular weight excluding hydrogens is 240 g/mol. The first-order chi connectivity index (χ1) is 7.83. The van der Waals surface area contributed by atoms with Gasteiger partial charge < -0.3 is 4.74 Å². The molecular formula is C12H13ClN2O2. The number of nitrogens with zero attached hydrogens (tertiary/aromatic N) is 2. The largest absolute Gasteiger partial charge is 0.459 e. The van der Waals surface area contributed by atoms with Crippen LogP contribution in [0, 0.1) is 11.3 Å². The molecule has 1 atom stereocenters. The zero-order valence-corrected chi connectivity index (χ0v) is 10.7. The Morgan fingerprint density at radius 2 is 2.18 bits per heavy atom. The predicted octanol–water partition coefficient (Wildman–Crippen LogP) is 2.68. The summed E-state index contributed by atoms with van der Waals surface area (Å²) in [5.41, 5.74) is -0.334. The first-order valence-electron chi connectivity index (χ1n) is 5.08. The summed E-state index contributed by atoms with van der Waals surface area (Å²) in [5, 5.41) is 9.25. The van der Waals surface area contributed by atoms with Crippen molar-refractivity contribution < 1.29 is 9.53 Å². The molecule has 1 unspecified atom stereocenters. The summed E-state index contributed by atoms with van der Waals surface area (Å²) in [4.78, 5) is 15.7. The van der Waals surface area contributed by atoms with Crippen molar-refractivity contribution in [3.8, 4) is 6.07 Å². The molecule has 0 aromatic carbocycles. The van der Waals surface area contributed by atoms with Gasteiger partial charge in [0.25, 0.3) is 0 Å². The van der Waals surface area contributed by atoms with Crippen LogP contribution >= 0.6 is 11.6 Å². The van der Waals surface area contributed by atoms with Gasteiger partial charge in [-0.3, -0.25) is 4.79 Å². The molecule has 17 heavy (non-hydrogen) atoms. The van der Waals surface area contributed by atoms with Crippen LogP contribution in [0.1, 0.15) is 32.4 Å². The zero-order chi connectivity index (χ0) is 13.1. The van der Waals surface area contributed by atoms with Crippen LogP contribution < -0.4 is 0 Å². The smallest absolute Gasteiger partial charge is 0.330 e. The monoisotopic (exact) mass is 252 g/mol. The fourth-order valence-corrected chi connectivity index (χ4v) is 1.36. The maximum Gasteiger partial charge on any atom is 0.330 e. The highest BCUT2D eigenvalue weighted by Crippen LogP contribution is 2.19. The van der Waals surface area contributed by atoms with Crippen molar-refractivity contribution in [1.29, 1.82) is 5.26 Å². The molecule has 90 valence electrons. The minimum absolute atomic E-state index is 0.242. The molecule has 0 aliphatic heterocycles. The zero-order valence-electron chi connectivity index (χ0n) is 9.90. The standard InChI is InChI=1S/C12H13ClN2O2/c1-12(2,3)17-11(16)8(7-14)9-5-4-6-10(13)15-9/h4-6,8H,1-3H3. The highest BCUT2D eigenvalue weighted by molar-refractivity contribution is 6.29. The lowest BCUT2D eigenvalue weighted by Crippen LogP contribution is -2.27. The van der Waals surface area contributed by atoms with E-state index >= 15 is 0 Å². The number of pyridine rings is 1. The molecule has 0 N–H and O–H groups in total. The molecule has 5 heteroatoms. The van der Waals surface area contributed by atoms with Gasteiger partial charge in [0.1, 0.15) is 10.8 Å². The Hall–Kier alpha value is -1.60. The fourth-order valence-electron chi connectivity index (χ4n) is 1.19. The van der Waals surface area contributed by atoms with Crippen molar-refractivity contribution in [1.82, 2.24) is 4.98 Å². The van der Waals surface area contributed by atoms with Crippen molar-refractivity contribution in [3.05, 3.63) is 29.0 Å². The molecule has 0 saturated carbocycles. The number of esters is 1. The summed E-state index contributed by atoms with van der Waals surface area (Å²) in [6, 6.07) is 6.66. The van der Waals surface area contributed by atoms with Gasteiger partial charge in [-0.15, -0.1) is 0 Å². The minimum atomic E-state index is -1.05. The average Bonchev–Trinajstić information content (AvgIpc) is 2.15. The van der Waals surface area contributed by atoms with Crippen LogP contribution in [0.3, 0.4) is 0 Å². The Bertz CT molecular complexity index is 460. The van der Waals surface area contributed by atoms with E-state index in [1.54, 1.807) is 39.0 Å². The summed E-state index contributed by atoms with van der Waals surface area (Å²) >= 11 is 5.71. The van der Waals surface area contributed by atoms with E-state index in [4.69, 9.17) is 21.6 Å². The highest BCUT2D eigenvalue weighted by atomic mass is 35.5. The first kappa shape index (κ1) is 13.5. The highest BCUT2D eigenvalue weighted by Gasteiger charge is 2.27. The number of halogens is 1. The molecule has 1 aromatic heterocycles. The number of rotatable bonds is 2. The van der Waals surface area contributed by atoms with Crippen LogP contribution in [-0.4, -0.2) is 16.6 Å². The van der Waals surface area contributed by atoms with Gasteiger partial charge in [-0.2, -0.15) is 5.26 Å². The molecule has 1 rings (SSSR count). The third kappa shape index (κ3) is 4.04. The second-order valence-corrected chi connectivity index (χ2v) is 4.87. The number of aromatic nitrogens is 1. The Morgan fingerprint density at radius 1 is 1.53 bits per heavy atom. The molecule has 0 saturated heterocycles. The summed E-state index contributed by atoms with van der Waals surface area (Å²) in [6.07, 6.45) is 0. The number of carbonyl (C=O) groups excluding carboxylic acids is 1. The van der Waals surface area contributed by atoms with Crippen molar-refractivity contribution >= 4 is 17.6 Å². The van der Waals surface area contributed by atoms with Crippen LogP contribution in [0.4, 0.5) is 0 Å². The van der Waals surface area contributed by atoms with Crippen molar-refractivity contribution in [2.45, 2.75) is 32.3 Å². The summed E-state index contributed by atoms with van der Waals surface area (Å²) < 4.78 is 5.14. The third-order valence-corrected chi connectivity index (χ3v) is 2.01. The molecule has 1 heterocycles. The lowest BCUT2D eigenvalue weighted by atomic mass is 10.1. The Balaban J connectivity index is 2.94. The van der Waals surface area contributed by atoms with Crippen LogP contribution in [0.2, 0.25) is 5.15 Å². The van der Waals surface area contributed by atoms with Crippen molar-refractivity contribution in [2.75, 3.05) is 0 Å². The van der Waals surface area contributed by atoms with Crippen LogP contribution in [0.25, 0.3) is 0 Å². The van der Waals surface area contributed by atoms with Gasteiger partial charge in [0.15, 0.2) is 5.92 Å². The second kappa shape index (κ2) is 5.15. The van der Waals surface area contributed by atoms with Crippen LogP contribution in [-0.2, 0) is 9.53 Å². The third-order valence-electron chi connectivity index (χ3n) is 1.80. The maximum absolute atomic E-state index is 11.8. The molecule has 0 bridgehead atoms. The van der Waals surface area contributed by atoms with Crippen molar-refractivity contribution in [2.24, 2.45) is 0 Å². The maximum atomic E-state index is 11.8. The molecule has 0 aliphatic carbocycles. The van der Waals surface area contributed by atoms with Gasteiger partial charge in [-0.1, -0.05) is 17.7 Å². The molecule has 0 spiro atoms. The molecule has 4 nitrogen and oxygen atoms in total. The summed E-state index contributed by atoms with van der Waals surface area (Å²) in [7, 11) is 0. The number of nitriles is 1. The van der Waals surface area contributed by atoms with Gasteiger partial charge in [0.2, 0.25) is 0 Å². The van der Waals surface area contributed by atoms with Gasteiger partial charge in [0, 0.05) is 0 Å². The number of carbonyl (C=O) groups is 1. The number of hydrogen-bond acceptors (Lipinski definition) is 4. The topological polar surface area (TPSA) is 63.0 Å². The van der Waals surface area contributed by atoms with Gasteiger partial charge in [-0.05, 0) is 32.9 Å². The lowest BCUT2D eigenvalue weighted by molar-refractivity contribution is -0.155. The van der Waals surface area contributed by atoms with E-state index < -0.39 is 17.5 Å². The fraction of sp³-hybridized carbons (Fsp3) is 0.417. The lowest BCUT2D eigenvalue weighted by Gasteiger charge is -2.21. The molecule has 0 fully saturated rings. The van der Waals surface area contributed by atoms with E-state index in [1.165, 1.54) is 0 Å². The van der Waals surface area contributed by atoms with E-state index in [9.17, 15) is 4.79 Å². The Labute approximate surface area is 105 Å². The Kier molecular flexibility index (Phi) is 4.08. The van der Waals surface area contributed by atoms with E-state index in [0.717, 1.165) is 0 Å². The van der Waals surface area contributed by atoms with E-state index in [1.807, 2.05) is 6.07 Å². The van der Waals surface area contributed by atoms with Crippen molar-refractivity contribution in [3.63, 3.8) is 0 Å². The SMILES string of the molecule is CC(C)(C)OC(=O)C(C#N)c1cccc(Cl)n1. The molecule has 0 aliphatic rings. The van der Waals surface area contributed by atoms with Crippen LogP contribution in [0.5, 0.6) is 0 Å². The summed E-state index contributed by atoms with van der Waals surface area (Å²) in [6.45, 7) is 5.22. The predicted molar refractivity (Wildman–Crippen MR) is 63.4 cm³/mol. The molecule has 0 radical (unpaired) electrons. The number of hydrogen-bond donors (Lipinski definition) is 0. The molecule has 1 aromatic rings. The van der Waals surface area contributed by atoms with Gasteiger partial charge in [-0.25, -0.2) is 4.98 Å². The normalized spacial score (nSPS) is 12.6. The van der Waals surface area contributed by atoms with Crippen LogP contribution in [0.15, 0.2) is 18.2 Å². The van der Waals surface area contributed by atoms with E-state index in [0.29, 0.717) is 5.69 Å². The second-order valence-electron chi connectivity index (χ2n) is 4.48. The Morgan fingerprint density at radius 3 is 2.65 bits per heavy atom. The quantitative estimate of drug-likeness (QED) is 0.600. The first-order valence-corrected chi connectivity index (χ1v) is 5.46. The average molecular weight is 253 g/mol. The van der Waals surface area contributed by atoms with Gasteiger partial charge in [0.05, 0.1) is 11.8 Å². The summed E-state index contributed by atoms with van der Waals surface area (Å²) in [5.74, 6) is -1.66. The molecule has 0 amide bonds. The minimum Gasteiger partial charge on any atom is -0.459 e.